The Morgan fingerprint density at radius 2 is 1.81 bits per heavy atom. The third kappa shape index (κ3) is 8.93. The predicted octanol–water partition coefficient (Wildman–Crippen LogP) is 1.13. The van der Waals surface area contributed by atoms with Gasteiger partial charge < -0.3 is 16.0 Å². The SMILES string of the molecule is CN=C(NCCC(=O)NC1CCS(=O)(=O)C1)NC1CCN(Cc2ccccc2)CC1.I. The minimum atomic E-state index is -2.98. The summed E-state index contributed by atoms with van der Waals surface area (Å²) in [5.74, 6) is 0.789. The van der Waals surface area contributed by atoms with Crippen LogP contribution in [-0.2, 0) is 21.2 Å². The summed E-state index contributed by atoms with van der Waals surface area (Å²) in [6.07, 6.45) is 2.88. The molecule has 3 rings (SSSR count). The van der Waals surface area contributed by atoms with Crippen molar-refractivity contribution in [2.45, 2.75) is 44.3 Å². The number of rotatable bonds is 7. The van der Waals surface area contributed by atoms with E-state index in [1.54, 1.807) is 7.05 Å². The summed E-state index contributed by atoms with van der Waals surface area (Å²) in [5.41, 5.74) is 1.34. The van der Waals surface area contributed by atoms with Crippen LogP contribution in [0.25, 0.3) is 0 Å². The molecular weight excluding hydrogens is 529 g/mol. The van der Waals surface area contributed by atoms with Crippen LogP contribution >= 0.6 is 24.0 Å². The second-order valence-corrected chi connectivity index (χ2v) is 10.3. The molecule has 1 atom stereocenters. The maximum atomic E-state index is 12.0. The minimum Gasteiger partial charge on any atom is -0.356 e. The third-order valence-electron chi connectivity index (χ3n) is 5.64. The van der Waals surface area contributed by atoms with Crippen molar-refractivity contribution in [3.8, 4) is 0 Å². The molecule has 10 heteroatoms. The molecule has 1 aromatic carbocycles. The van der Waals surface area contributed by atoms with Crippen LogP contribution in [0.5, 0.6) is 0 Å². The van der Waals surface area contributed by atoms with Crippen molar-refractivity contribution in [2.24, 2.45) is 4.99 Å². The second kappa shape index (κ2) is 12.6. The molecule has 0 aromatic heterocycles. The van der Waals surface area contributed by atoms with E-state index in [-0.39, 0.29) is 53.9 Å². The van der Waals surface area contributed by atoms with Crippen LogP contribution in [0, 0.1) is 0 Å². The van der Waals surface area contributed by atoms with E-state index in [4.69, 9.17) is 0 Å². The van der Waals surface area contributed by atoms with Gasteiger partial charge in [0.25, 0.3) is 0 Å². The van der Waals surface area contributed by atoms with Crippen molar-refractivity contribution < 1.29 is 13.2 Å². The fourth-order valence-electron chi connectivity index (χ4n) is 3.97. The van der Waals surface area contributed by atoms with Crippen LogP contribution in [0.2, 0.25) is 0 Å². The zero-order chi connectivity index (χ0) is 21.4. The lowest BCUT2D eigenvalue weighted by Crippen LogP contribution is -2.49. The lowest BCUT2D eigenvalue weighted by Gasteiger charge is -2.33. The number of aliphatic imine (C=N–C) groups is 1. The Morgan fingerprint density at radius 3 is 2.42 bits per heavy atom. The van der Waals surface area contributed by atoms with Gasteiger partial charge in [-0.1, -0.05) is 30.3 Å². The molecule has 3 N–H and O–H groups in total. The normalized spacial score (nSPS) is 21.8. The lowest BCUT2D eigenvalue weighted by molar-refractivity contribution is -0.121. The number of carbonyl (C=O) groups excluding carboxylic acids is 1. The molecule has 0 radical (unpaired) electrons. The number of nitrogens with one attached hydrogen (secondary N) is 3. The maximum absolute atomic E-state index is 12.0. The summed E-state index contributed by atoms with van der Waals surface area (Å²) in [6, 6.07) is 10.6. The number of guanidine groups is 1. The average Bonchev–Trinajstić information content (AvgIpc) is 3.07. The Labute approximate surface area is 202 Å². The van der Waals surface area contributed by atoms with Crippen molar-refractivity contribution in [3.63, 3.8) is 0 Å². The zero-order valence-electron chi connectivity index (χ0n) is 18.0. The highest BCUT2D eigenvalue weighted by molar-refractivity contribution is 14.0. The third-order valence-corrected chi connectivity index (χ3v) is 7.41. The second-order valence-electron chi connectivity index (χ2n) is 8.10. The first-order valence-electron chi connectivity index (χ1n) is 10.7. The number of amides is 1. The summed E-state index contributed by atoms with van der Waals surface area (Å²) in [7, 11) is -1.25. The summed E-state index contributed by atoms with van der Waals surface area (Å²) < 4.78 is 22.9. The van der Waals surface area contributed by atoms with Crippen molar-refractivity contribution in [1.29, 1.82) is 0 Å². The summed E-state index contributed by atoms with van der Waals surface area (Å²) in [6.45, 7) is 3.52. The number of carbonyl (C=O) groups is 1. The van der Waals surface area contributed by atoms with Gasteiger partial charge in [-0.05, 0) is 24.8 Å². The molecule has 174 valence electrons. The number of piperidine rings is 1. The van der Waals surface area contributed by atoms with Gasteiger partial charge in [-0.15, -0.1) is 24.0 Å². The van der Waals surface area contributed by atoms with Crippen LogP contribution in [0.4, 0.5) is 0 Å². The van der Waals surface area contributed by atoms with E-state index < -0.39 is 9.84 Å². The van der Waals surface area contributed by atoms with E-state index >= 15 is 0 Å². The average molecular weight is 564 g/mol. The highest BCUT2D eigenvalue weighted by atomic mass is 127. The van der Waals surface area contributed by atoms with Gasteiger partial charge in [0.05, 0.1) is 11.5 Å². The Balaban J connectivity index is 0.00000341. The highest BCUT2D eigenvalue weighted by Crippen LogP contribution is 2.14. The summed E-state index contributed by atoms with van der Waals surface area (Å²) in [4.78, 5) is 18.8. The number of halogens is 1. The molecule has 2 aliphatic heterocycles. The molecule has 0 aliphatic carbocycles. The summed E-state index contributed by atoms with van der Waals surface area (Å²) >= 11 is 0. The van der Waals surface area contributed by atoms with Crippen LogP contribution in [-0.4, -0.2) is 75.5 Å². The molecule has 2 heterocycles. The number of sulfone groups is 1. The molecule has 0 spiro atoms. The van der Waals surface area contributed by atoms with Gasteiger partial charge in [0.2, 0.25) is 5.91 Å². The molecule has 2 fully saturated rings. The van der Waals surface area contributed by atoms with E-state index in [2.05, 4.69) is 50.1 Å². The standard InChI is InChI=1S/C21H33N5O3S.HI/c1-22-21(23-11-7-20(27)24-19-10-14-30(28,29)16-19)25-18-8-12-26(13-9-18)15-17-5-3-2-4-6-17;/h2-6,18-19H,7-16H2,1H3,(H,24,27)(H2,22,23,25);1H. The molecule has 2 saturated heterocycles. The van der Waals surface area contributed by atoms with Gasteiger partial charge in [-0.2, -0.15) is 0 Å². The van der Waals surface area contributed by atoms with Crippen molar-refractivity contribution in [3.05, 3.63) is 35.9 Å². The maximum Gasteiger partial charge on any atom is 0.222 e. The summed E-state index contributed by atoms with van der Waals surface area (Å²) in [5, 5.41) is 9.44. The number of likely N-dealkylation sites (tertiary alicyclic amines) is 1. The van der Waals surface area contributed by atoms with Gasteiger partial charge in [-0.3, -0.25) is 14.7 Å². The lowest BCUT2D eigenvalue weighted by atomic mass is 10.0. The van der Waals surface area contributed by atoms with E-state index in [0.29, 0.717) is 25.0 Å². The molecular formula is C21H34IN5O3S. The molecule has 31 heavy (non-hydrogen) atoms. The van der Waals surface area contributed by atoms with Crippen LogP contribution in [0.3, 0.4) is 0 Å². The Kier molecular flexibility index (Phi) is 10.5. The van der Waals surface area contributed by atoms with E-state index in [1.807, 2.05) is 6.07 Å². The number of hydrogen-bond acceptors (Lipinski definition) is 5. The molecule has 0 saturated carbocycles. The first kappa shape index (κ1) is 25.9. The van der Waals surface area contributed by atoms with Gasteiger partial charge in [0.1, 0.15) is 0 Å². The molecule has 1 aromatic rings. The number of nitrogens with zero attached hydrogens (tertiary/aromatic N) is 2. The molecule has 0 bridgehead atoms. The van der Waals surface area contributed by atoms with Gasteiger partial charge in [0.15, 0.2) is 15.8 Å². The van der Waals surface area contributed by atoms with Crippen LogP contribution < -0.4 is 16.0 Å². The smallest absolute Gasteiger partial charge is 0.222 e. The van der Waals surface area contributed by atoms with E-state index in [9.17, 15) is 13.2 Å². The highest BCUT2D eigenvalue weighted by Gasteiger charge is 2.28. The first-order valence-corrected chi connectivity index (χ1v) is 12.5. The fraction of sp³-hybridized carbons (Fsp3) is 0.619. The zero-order valence-corrected chi connectivity index (χ0v) is 21.2. The molecule has 1 amide bonds. The number of benzene rings is 1. The van der Waals surface area contributed by atoms with E-state index in [1.165, 1.54) is 5.56 Å². The van der Waals surface area contributed by atoms with Gasteiger partial charge in [-0.25, -0.2) is 8.42 Å². The van der Waals surface area contributed by atoms with Crippen LogP contribution in [0.15, 0.2) is 35.3 Å². The monoisotopic (exact) mass is 563 g/mol. The van der Waals surface area contributed by atoms with Gasteiger partial charge >= 0.3 is 0 Å². The van der Waals surface area contributed by atoms with E-state index in [0.717, 1.165) is 32.5 Å². The van der Waals surface area contributed by atoms with Crippen molar-refractivity contribution in [1.82, 2.24) is 20.9 Å². The van der Waals surface area contributed by atoms with Crippen molar-refractivity contribution >= 4 is 45.7 Å². The van der Waals surface area contributed by atoms with Crippen molar-refractivity contribution in [2.75, 3.05) is 38.2 Å². The Bertz CT molecular complexity index is 827. The topological polar surface area (TPSA) is 103 Å². The van der Waals surface area contributed by atoms with Gasteiger partial charge in [0, 0.05) is 51.7 Å². The first-order chi connectivity index (χ1) is 14.4. The Morgan fingerprint density at radius 1 is 1.10 bits per heavy atom. The molecule has 2 aliphatic rings. The molecule has 1 unspecified atom stereocenters. The number of hydrogen-bond donors (Lipinski definition) is 3. The Hall–Kier alpha value is -1.40. The molecule has 8 nitrogen and oxygen atoms in total. The van der Waals surface area contributed by atoms with Crippen LogP contribution in [0.1, 0.15) is 31.2 Å². The minimum absolute atomic E-state index is 0. The largest absolute Gasteiger partial charge is 0.356 e. The fourth-order valence-corrected chi connectivity index (χ4v) is 5.64. The predicted molar refractivity (Wildman–Crippen MR) is 134 cm³/mol. The quantitative estimate of drug-likeness (QED) is 0.261.